The molecule has 0 saturated carbocycles. The molecule has 0 aromatic heterocycles. The van der Waals surface area contributed by atoms with Gasteiger partial charge in [-0.25, -0.2) is 0 Å². The van der Waals surface area contributed by atoms with Crippen molar-refractivity contribution in [3.05, 3.63) is 144 Å². The summed E-state index contributed by atoms with van der Waals surface area (Å²) in [5.41, 5.74) is 4.08. The van der Waals surface area contributed by atoms with Gasteiger partial charge >= 0.3 is 7.60 Å². The normalized spacial score (nSPS) is 20.5. The topological polar surface area (TPSA) is 81.7 Å². The van der Waals surface area contributed by atoms with Crippen LogP contribution >= 0.6 is 7.60 Å². The molecule has 5 rings (SSSR count). The molecular weight excluding hydrogens is 603 g/mol. The molecular formula is C37H43O8P. The summed E-state index contributed by atoms with van der Waals surface area (Å²) in [6, 6.07) is 39.8. The van der Waals surface area contributed by atoms with E-state index in [-0.39, 0.29) is 12.8 Å². The summed E-state index contributed by atoms with van der Waals surface area (Å²) in [6.07, 6.45) is -3.03. The van der Waals surface area contributed by atoms with Gasteiger partial charge in [0.25, 0.3) is 0 Å². The number of benzene rings is 4. The number of hydrogen-bond acceptors (Lipinski definition) is 8. The van der Waals surface area contributed by atoms with E-state index in [4.69, 9.17) is 32.7 Å². The second-order valence-corrected chi connectivity index (χ2v) is 13.5. The maximum Gasteiger partial charge on any atom is 0.332 e. The highest BCUT2D eigenvalue weighted by molar-refractivity contribution is 7.53. The van der Waals surface area contributed by atoms with Gasteiger partial charge in [-0.1, -0.05) is 121 Å². The fraction of sp³-hybridized carbons (Fsp3) is 0.351. The van der Waals surface area contributed by atoms with E-state index in [9.17, 15) is 4.57 Å². The van der Waals surface area contributed by atoms with Gasteiger partial charge in [-0.2, -0.15) is 0 Å². The quantitative estimate of drug-likeness (QED) is 0.105. The number of rotatable bonds is 18. The third-order valence-electron chi connectivity index (χ3n) is 7.94. The maximum absolute atomic E-state index is 13.5. The highest BCUT2D eigenvalue weighted by Crippen LogP contribution is 2.49. The van der Waals surface area contributed by atoms with E-state index in [1.807, 2.05) is 121 Å². The highest BCUT2D eigenvalue weighted by Gasteiger charge is 2.52. The largest absolute Gasteiger partial charge is 0.374 e. The van der Waals surface area contributed by atoms with Crippen LogP contribution in [0.2, 0.25) is 0 Å². The predicted octanol–water partition coefficient (Wildman–Crippen LogP) is 7.21. The molecule has 0 radical (unpaired) electrons. The van der Waals surface area contributed by atoms with Crippen LogP contribution in [0.4, 0.5) is 0 Å². The molecule has 0 bridgehead atoms. The van der Waals surface area contributed by atoms with Gasteiger partial charge in [0, 0.05) is 14.2 Å². The SMILES string of the molecule is COP(=O)(C[C@H]1O[C@@H]([C@@H](COCc2ccccc2)OCc2ccccc2)[C@H](OCc2ccccc2)[C@H]1OCc1ccccc1)OC. The fourth-order valence-electron chi connectivity index (χ4n) is 5.45. The summed E-state index contributed by atoms with van der Waals surface area (Å²) in [6.45, 7) is 1.63. The van der Waals surface area contributed by atoms with Crippen molar-refractivity contribution in [3.63, 3.8) is 0 Å². The van der Waals surface area contributed by atoms with Crippen molar-refractivity contribution in [2.75, 3.05) is 27.0 Å². The summed E-state index contributed by atoms with van der Waals surface area (Å²) in [5.74, 6) is 0. The average Bonchev–Trinajstić information content (AvgIpc) is 3.45. The second-order valence-electron chi connectivity index (χ2n) is 11.2. The molecule has 8 nitrogen and oxygen atoms in total. The van der Waals surface area contributed by atoms with Crippen LogP contribution in [-0.4, -0.2) is 57.5 Å². The van der Waals surface area contributed by atoms with Crippen molar-refractivity contribution in [1.82, 2.24) is 0 Å². The molecule has 1 saturated heterocycles. The third kappa shape index (κ3) is 9.91. The Hall–Kier alpha value is -3.17. The van der Waals surface area contributed by atoms with Crippen molar-refractivity contribution in [2.45, 2.75) is 56.9 Å². The van der Waals surface area contributed by atoms with Crippen LogP contribution in [0.3, 0.4) is 0 Å². The Morgan fingerprint density at radius 2 is 1.04 bits per heavy atom. The van der Waals surface area contributed by atoms with Gasteiger partial charge in [-0.05, 0) is 22.3 Å². The van der Waals surface area contributed by atoms with Crippen molar-refractivity contribution in [2.24, 2.45) is 0 Å². The zero-order chi connectivity index (χ0) is 32.0. The molecule has 244 valence electrons. The number of hydrogen-bond donors (Lipinski definition) is 0. The predicted molar refractivity (Wildman–Crippen MR) is 176 cm³/mol. The molecule has 0 spiro atoms. The van der Waals surface area contributed by atoms with Gasteiger partial charge in [0.2, 0.25) is 0 Å². The zero-order valence-corrected chi connectivity index (χ0v) is 27.3. The molecule has 0 unspecified atom stereocenters. The lowest BCUT2D eigenvalue weighted by molar-refractivity contribution is -0.140. The van der Waals surface area contributed by atoms with E-state index in [1.165, 1.54) is 14.2 Å². The first kappa shape index (κ1) is 34.2. The van der Waals surface area contributed by atoms with E-state index in [1.54, 1.807) is 0 Å². The molecule has 1 fully saturated rings. The lowest BCUT2D eigenvalue weighted by Crippen LogP contribution is -2.45. The molecule has 4 aromatic rings. The maximum atomic E-state index is 13.5. The zero-order valence-electron chi connectivity index (χ0n) is 26.4. The Balaban J connectivity index is 1.44. The first-order valence-electron chi connectivity index (χ1n) is 15.5. The van der Waals surface area contributed by atoms with Gasteiger partial charge in [0.1, 0.15) is 24.4 Å². The van der Waals surface area contributed by atoms with Crippen molar-refractivity contribution < 1.29 is 37.3 Å². The number of ether oxygens (including phenoxy) is 5. The van der Waals surface area contributed by atoms with Crippen molar-refractivity contribution >= 4 is 7.60 Å². The lowest BCUT2D eigenvalue weighted by atomic mass is 10.0. The molecule has 1 aliphatic heterocycles. The van der Waals surface area contributed by atoms with E-state index >= 15 is 0 Å². The Bertz CT molecular complexity index is 1450. The molecule has 0 N–H and O–H groups in total. The van der Waals surface area contributed by atoms with Crippen molar-refractivity contribution in [1.29, 1.82) is 0 Å². The van der Waals surface area contributed by atoms with Gasteiger partial charge in [-0.3, -0.25) is 4.57 Å². The lowest BCUT2D eigenvalue weighted by Gasteiger charge is -2.30. The summed E-state index contributed by atoms with van der Waals surface area (Å²) in [5, 5.41) is 0. The molecule has 1 aliphatic rings. The summed E-state index contributed by atoms with van der Waals surface area (Å²) in [4.78, 5) is 0. The van der Waals surface area contributed by atoms with Crippen LogP contribution in [0, 0.1) is 0 Å². The molecule has 9 heteroatoms. The smallest absolute Gasteiger partial charge is 0.332 e. The Morgan fingerprint density at radius 1 is 0.609 bits per heavy atom. The molecule has 5 atom stereocenters. The molecule has 46 heavy (non-hydrogen) atoms. The van der Waals surface area contributed by atoms with Gasteiger partial charge < -0.3 is 32.7 Å². The minimum Gasteiger partial charge on any atom is -0.374 e. The molecule has 4 aromatic carbocycles. The van der Waals surface area contributed by atoms with E-state index in [0.29, 0.717) is 26.4 Å². The van der Waals surface area contributed by atoms with E-state index in [0.717, 1.165) is 22.3 Å². The van der Waals surface area contributed by atoms with Gasteiger partial charge in [0.05, 0.1) is 45.3 Å². The first-order chi connectivity index (χ1) is 22.6. The van der Waals surface area contributed by atoms with Crippen molar-refractivity contribution in [3.8, 4) is 0 Å². The fourth-order valence-corrected chi connectivity index (χ4v) is 6.63. The minimum absolute atomic E-state index is 0.0164. The van der Waals surface area contributed by atoms with Gasteiger partial charge in [-0.15, -0.1) is 0 Å². The van der Waals surface area contributed by atoms with E-state index in [2.05, 4.69) is 0 Å². The standard InChI is InChI=1S/C37H43O8P/c1-39-46(38,40-2)28-34-35(43-25-31-19-11-5-12-20-31)37(44-26-32-21-13-6-14-22-32)36(45-34)33(42-24-30-17-9-4-10-18-30)27-41-23-29-15-7-3-8-16-29/h3-22,33-37H,23-28H2,1-2H3/t33-,34-,35+,36+,37-/m1/s1. The Kier molecular flexibility index (Phi) is 13.1. The molecule has 1 heterocycles. The second kappa shape index (κ2) is 17.7. The van der Waals surface area contributed by atoms with Crippen LogP contribution in [-0.2, 0) is 63.7 Å². The molecule has 0 aliphatic carbocycles. The van der Waals surface area contributed by atoms with Crippen LogP contribution < -0.4 is 0 Å². The van der Waals surface area contributed by atoms with Crippen LogP contribution in [0.15, 0.2) is 121 Å². The van der Waals surface area contributed by atoms with E-state index < -0.39 is 38.1 Å². The average molecular weight is 647 g/mol. The highest BCUT2D eigenvalue weighted by atomic mass is 31.2. The van der Waals surface area contributed by atoms with Crippen LogP contribution in [0.5, 0.6) is 0 Å². The summed E-state index contributed by atoms with van der Waals surface area (Å²) >= 11 is 0. The summed E-state index contributed by atoms with van der Waals surface area (Å²) < 4.78 is 56.9. The molecule has 0 amide bonds. The van der Waals surface area contributed by atoms with Gasteiger partial charge in [0.15, 0.2) is 0 Å². The van der Waals surface area contributed by atoms with Crippen LogP contribution in [0.1, 0.15) is 22.3 Å². The third-order valence-corrected chi connectivity index (χ3v) is 9.86. The Morgan fingerprint density at radius 3 is 1.52 bits per heavy atom. The monoisotopic (exact) mass is 646 g/mol. The Labute approximate surface area is 272 Å². The summed E-state index contributed by atoms with van der Waals surface area (Å²) in [7, 11) is -0.724. The first-order valence-corrected chi connectivity index (χ1v) is 17.2. The van der Waals surface area contributed by atoms with Crippen LogP contribution in [0.25, 0.3) is 0 Å². The minimum atomic E-state index is -3.48.